The summed E-state index contributed by atoms with van der Waals surface area (Å²) >= 11 is 0. The van der Waals surface area contributed by atoms with Gasteiger partial charge in [0, 0.05) is 6.42 Å². The van der Waals surface area contributed by atoms with Crippen molar-refractivity contribution < 1.29 is 14.3 Å². The Labute approximate surface area is 164 Å². The summed E-state index contributed by atoms with van der Waals surface area (Å²) in [6.07, 6.45) is 2.82. The Hall–Kier alpha value is -3.28. The van der Waals surface area contributed by atoms with Gasteiger partial charge in [0.1, 0.15) is 17.3 Å². The topological polar surface area (TPSA) is 76.2 Å². The highest BCUT2D eigenvalue weighted by molar-refractivity contribution is 5.76. The van der Waals surface area contributed by atoms with Crippen molar-refractivity contribution in [2.24, 2.45) is 0 Å². The second kappa shape index (κ2) is 9.60. The number of ether oxygens (including phenoxy) is 2. The average Bonchev–Trinajstić information content (AvgIpc) is 3.23. The lowest BCUT2D eigenvalue weighted by molar-refractivity contribution is -0.122. The van der Waals surface area contributed by atoms with Gasteiger partial charge in [0.2, 0.25) is 5.91 Å². The molecule has 1 amide bonds. The molecule has 6 heteroatoms. The van der Waals surface area contributed by atoms with Crippen LogP contribution in [0.5, 0.6) is 11.5 Å². The highest BCUT2D eigenvalue weighted by Gasteiger charge is 2.13. The molecule has 2 N–H and O–H groups in total. The number of benzene rings is 2. The maximum absolute atomic E-state index is 12.2. The summed E-state index contributed by atoms with van der Waals surface area (Å²) in [6.45, 7) is 2.40. The van der Waals surface area contributed by atoms with Gasteiger partial charge in [-0.15, -0.1) is 0 Å². The van der Waals surface area contributed by atoms with Gasteiger partial charge in [-0.25, -0.2) is 4.98 Å². The van der Waals surface area contributed by atoms with Crippen LogP contribution in [-0.2, 0) is 4.79 Å². The monoisotopic (exact) mass is 379 g/mol. The first kappa shape index (κ1) is 19.5. The third kappa shape index (κ3) is 5.36. The van der Waals surface area contributed by atoms with Crippen molar-refractivity contribution in [3.63, 3.8) is 0 Å². The van der Waals surface area contributed by atoms with Crippen LogP contribution in [0.3, 0.4) is 0 Å². The van der Waals surface area contributed by atoms with E-state index in [0.717, 1.165) is 28.6 Å². The van der Waals surface area contributed by atoms with Gasteiger partial charge in [-0.05, 0) is 43.2 Å². The van der Waals surface area contributed by atoms with E-state index >= 15 is 0 Å². The lowest BCUT2D eigenvalue weighted by Crippen LogP contribution is -2.27. The number of carbonyl (C=O) groups is 1. The molecule has 1 atom stereocenters. The molecular weight excluding hydrogens is 354 g/mol. The maximum Gasteiger partial charge on any atom is 0.220 e. The van der Waals surface area contributed by atoms with Crippen LogP contribution in [-0.4, -0.2) is 29.6 Å². The van der Waals surface area contributed by atoms with Crippen LogP contribution in [0.4, 0.5) is 0 Å². The van der Waals surface area contributed by atoms with Crippen molar-refractivity contribution in [3.8, 4) is 22.8 Å². The number of nitrogens with one attached hydrogen (secondary N) is 2. The molecule has 0 spiro atoms. The first-order valence-corrected chi connectivity index (χ1v) is 9.32. The minimum atomic E-state index is -0.188. The zero-order chi connectivity index (χ0) is 19.8. The van der Waals surface area contributed by atoms with E-state index in [9.17, 15) is 4.79 Å². The first-order chi connectivity index (χ1) is 13.7. The van der Waals surface area contributed by atoms with E-state index < -0.39 is 0 Å². The minimum Gasteiger partial charge on any atom is -0.497 e. The van der Waals surface area contributed by atoms with E-state index in [-0.39, 0.29) is 11.9 Å². The molecule has 3 rings (SSSR count). The number of aromatic amines is 1. The van der Waals surface area contributed by atoms with Crippen LogP contribution in [0.1, 0.15) is 31.6 Å². The number of carbonyl (C=O) groups excluding carboxylic acids is 1. The Morgan fingerprint density at radius 3 is 2.54 bits per heavy atom. The number of nitrogens with zero attached hydrogens (tertiary/aromatic N) is 1. The van der Waals surface area contributed by atoms with Gasteiger partial charge in [0.05, 0.1) is 31.6 Å². The molecule has 0 aliphatic heterocycles. The molecule has 0 aliphatic rings. The minimum absolute atomic E-state index is 0.0245. The normalized spacial score (nSPS) is 11.6. The number of methoxy groups -OCH3 is 1. The largest absolute Gasteiger partial charge is 0.497 e. The number of hydrogen-bond acceptors (Lipinski definition) is 4. The van der Waals surface area contributed by atoms with E-state index in [0.29, 0.717) is 19.4 Å². The number of amides is 1. The van der Waals surface area contributed by atoms with E-state index in [1.54, 1.807) is 13.3 Å². The fourth-order valence-electron chi connectivity index (χ4n) is 2.80. The molecular formula is C22H25N3O3. The van der Waals surface area contributed by atoms with Gasteiger partial charge in [-0.3, -0.25) is 4.79 Å². The highest BCUT2D eigenvalue weighted by atomic mass is 16.5. The summed E-state index contributed by atoms with van der Waals surface area (Å²) in [5.74, 6) is 2.26. The van der Waals surface area contributed by atoms with Crippen molar-refractivity contribution in [2.75, 3.05) is 13.7 Å². The molecule has 28 heavy (non-hydrogen) atoms. The zero-order valence-corrected chi connectivity index (χ0v) is 16.1. The molecule has 0 fully saturated rings. The molecule has 0 radical (unpaired) electrons. The molecule has 1 heterocycles. The second-order valence-electron chi connectivity index (χ2n) is 6.46. The third-order valence-electron chi connectivity index (χ3n) is 4.34. The van der Waals surface area contributed by atoms with Crippen molar-refractivity contribution in [1.82, 2.24) is 15.3 Å². The Balaban J connectivity index is 1.41. The molecule has 0 bridgehead atoms. The van der Waals surface area contributed by atoms with E-state index in [1.807, 2.05) is 61.5 Å². The molecule has 1 aromatic heterocycles. The lowest BCUT2D eigenvalue weighted by atomic mass is 10.2. The quantitative estimate of drug-likeness (QED) is 0.548. The van der Waals surface area contributed by atoms with Gasteiger partial charge in [0.25, 0.3) is 0 Å². The predicted octanol–water partition coefficient (Wildman–Crippen LogP) is 4.12. The molecule has 1 unspecified atom stereocenters. The Morgan fingerprint density at radius 1 is 1.11 bits per heavy atom. The van der Waals surface area contributed by atoms with Gasteiger partial charge < -0.3 is 19.8 Å². The molecule has 146 valence electrons. The highest BCUT2D eigenvalue weighted by Crippen LogP contribution is 2.19. The summed E-state index contributed by atoms with van der Waals surface area (Å²) < 4.78 is 10.8. The van der Waals surface area contributed by atoms with E-state index in [1.165, 1.54) is 0 Å². The van der Waals surface area contributed by atoms with Crippen LogP contribution in [0.2, 0.25) is 0 Å². The standard InChI is InChI=1S/C22H25N3O3/c1-16(22-23-15-20(25-22)17-7-4-3-5-8-17)24-21(26)9-6-14-28-19-12-10-18(27-2)11-13-19/h3-5,7-8,10-13,15-16H,6,9,14H2,1-2H3,(H,23,25)(H,24,26). The molecule has 6 nitrogen and oxygen atoms in total. The summed E-state index contributed by atoms with van der Waals surface area (Å²) in [4.78, 5) is 19.8. The third-order valence-corrected chi connectivity index (χ3v) is 4.34. The molecule has 0 aliphatic carbocycles. The van der Waals surface area contributed by atoms with Crippen LogP contribution >= 0.6 is 0 Å². The molecule has 0 saturated carbocycles. The van der Waals surface area contributed by atoms with Gasteiger partial charge in [-0.2, -0.15) is 0 Å². The van der Waals surface area contributed by atoms with Crippen LogP contribution in [0.25, 0.3) is 11.3 Å². The van der Waals surface area contributed by atoms with E-state index in [2.05, 4.69) is 15.3 Å². The van der Waals surface area contributed by atoms with Gasteiger partial charge >= 0.3 is 0 Å². The Kier molecular flexibility index (Phi) is 6.68. The summed E-state index contributed by atoms with van der Waals surface area (Å²) in [7, 11) is 1.63. The fraction of sp³-hybridized carbons (Fsp3) is 0.273. The Morgan fingerprint density at radius 2 is 1.82 bits per heavy atom. The van der Waals surface area contributed by atoms with Gasteiger partial charge in [0.15, 0.2) is 0 Å². The fourth-order valence-corrected chi connectivity index (χ4v) is 2.80. The van der Waals surface area contributed by atoms with Crippen LogP contribution in [0, 0.1) is 0 Å². The van der Waals surface area contributed by atoms with Crippen LogP contribution < -0.4 is 14.8 Å². The lowest BCUT2D eigenvalue weighted by Gasteiger charge is -2.12. The van der Waals surface area contributed by atoms with Crippen molar-refractivity contribution in [3.05, 3.63) is 66.6 Å². The average molecular weight is 379 g/mol. The number of hydrogen-bond donors (Lipinski definition) is 2. The smallest absolute Gasteiger partial charge is 0.220 e. The molecule has 0 saturated heterocycles. The number of imidazole rings is 1. The maximum atomic E-state index is 12.2. The SMILES string of the molecule is COc1ccc(OCCCC(=O)NC(C)c2ncc(-c3ccccc3)[nH]2)cc1. The van der Waals surface area contributed by atoms with Crippen molar-refractivity contribution >= 4 is 5.91 Å². The molecule has 2 aromatic carbocycles. The predicted molar refractivity (Wildman–Crippen MR) is 108 cm³/mol. The van der Waals surface area contributed by atoms with E-state index in [4.69, 9.17) is 9.47 Å². The zero-order valence-electron chi connectivity index (χ0n) is 16.1. The number of H-pyrrole nitrogens is 1. The van der Waals surface area contributed by atoms with Crippen molar-refractivity contribution in [2.45, 2.75) is 25.8 Å². The molecule has 3 aromatic rings. The Bertz CT molecular complexity index is 876. The summed E-state index contributed by atoms with van der Waals surface area (Å²) in [5.41, 5.74) is 2.00. The van der Waals surface area contributed by atoms with Crippen molar-refractivity contribution in [1.29, 1.82) is 0 Å². The second-order valence-corrected chi connectivity index (χ2v) is 6.46. The van der Waals surface area contributed by atoms with Crippen LogP contribution in [0.15, 0.2) is 60.8 Å². The number of aromatic nitrogens is 2. The summed E-state index contributed by atoms with van der Waals surface area (Å²) in [5, 5.41) is 2.97. The summed E-state index contributed by atoms with van der Waals surface area (Å²) in [6, 6.07) is 17.2. The van der Waals surface area contributed by atoms with Gasteiger partial charge in [-0.1, -0.05) is 30.3 Å². The first-order valence-electron chi connectivity index (χ1n) is 9.32. The number of rotatable bonds is 9.